The van der Waals surface area contributed by atoms with E-state index < -0.39 is 50.3 Å². The number of hydrogen-bond donors (Lipinski definition) is 0. The average molecular weight is 931 g/mol. The van der Waals surface area contributed by atoms with Crippen LogP contribution in [-0.4, -0.2) is 66.7 Å². The first kappa shape index (κ1) is 46.6. The van der Waals surface area contributed by atoms with Gasteiger partial charge in [0.2, 0.25) is 16.3 Å². The van der Waals surface area contributed by atoms with Gasteiger partial charge in [-0.05, 0) is 126 Å². The Morgan fingerprint density at radius 3 is 0.844 bits per heavy atom. The molecule has 0 radical (unpaired) electrons. The molecule has 9 rings (SSSR count). The Balaban J connectivity index is 0.000000158. The van der Waals surface area contributed by atoms with E-state index in [2.05, 4.69) is 0 Å². The van der Waals surface area contributed by atoms with Crippen molar-refractivity contribution in [2.24, 2.45) is 0 Å². The molecule has 3 atom stereocenters. The molecule has 64 heavy (non-hydrogen) atoms. The predicted molar refractivity (Wildman–Crippen MR) is 236 cm³/mol. The van der Waals surface area contributed by atoms with Gasteiger partial charge in [0.25, 0.3) is 0 Å². The summed E-state index contributed by atoms with van der Waals surface area (Å²) in [4.78, 5) is 71.4. The molecule has 3 aromatic heterocycles. The molecular weight excluding hydrogens is 904 g/mol. The second-order valence-corrected chi connectivity index (χ2v) is 17.8. The van der Waals surface area contributed by atoms with E-state index in [9.17, 15) is 56.7 Å². The molecule has 0 saturated carbocycles. The van der Waals surface area contributed by atoms with Crippen LogP contribution in [0.15, 0.2) is 152 Å². The quantitative estimate of drug-likeness (QED) is 0.171. The summed E-state index contributed by atoms with van der Waals surface area (Å²) in [5, 5.41) is 34.0. The Kier molecular flexibility index (Phi) is 13.7. The summed E-state index contributed by atoms with van der Waals surface area (Å²) in [6.07, 6.45) is 4.60. The molecule has 0 aliphatic carbocycles. The van der Waals surface area contributed by atoms with Crippen LogP contribution in [0.3, 0.4) is 0 Å². The Morgan fingerprint density at radius 2 is 0.625 bits per heavy atom. The normalized spacial score (nSPS) is 12.4. The van der Waals surface area contributed by atoms with Gasteiger partial charge in [0, 0.05) is 65.9 Å². The van der Waals surface area contributed by atoms with Gasteiger partial charge in [-0.1, -0.05) is 0 Å². The first-order valence-corrected chi connectivity index (χ1v) is 22.8. The Bertz CT molecular complexity index is 3300. The molecule has 19 heteroatoms. The van der Waals surface area contributed by atoms with E-state index in [1.165, 1.54) is 91.6 Å². The van der Waals surface area contributed by atoms with E-state index in [4.69, 9.17) is 13.3 Å². The van der Waals surface area contributed by atoms with E-state index in [1.807, 2.05) is 0 Å². The third kappa shape index (κ3) is 9.39. The zero-order chi connectivity index (χ0) is 45.4. The zero-order valence-corrected chi connectivity index (χ0v) is 36.9. The van der Waals surface area contributed by atoms with Gasteiger partial charge in [0.15, 0.2) is 0 Å². The molecule has 3 unspecified atom stereocenters. The fraction of sp³-hybridized carbons (Fsp3) is 0.0667. The monoisotopic (exact) mass is 930 g/mol. The van der Waals surface area contributed by atoms with Crippen LogP contribution >= 0.6 is 0 Å². The minimum absolute atomic E-state index is 0. The molecule has 6 aromatic carbocycles. The number of fused-ring (bicyclic) bond motifs is 6. The molecule has 0 amide bonds. The molecule has 0 fully saturated rings. The first-order valence-electron chi connectivity index (χ1n) is 18.1. The Hall–Kier alpha value is -6.88. The second-order valence-electron chi connectivity index (χ2n) is 13.6. The average Bonchev–Trinajstić information content (AvgIpc) is 3.26. The van der Waals surface area contributed by atoms with Crippen molar-refractivity contribution in [3.8, 4) is 0 Å². The van der Waals surface area contributed by atoms with Crippen molar-refractivity contribution in [2.45, 2.75) is 14.7 Å². The molecule has 9 aromatic rings. The van der Waals surface area contributed by atoms with E-state index in [0.717, 1.165) is 0 Å². The molecule has 318 valence electrons. The molecule has 0 aliphatic heterocycles. The van der Waals surface area contributed by atoms with E-state index >= 15 is 0 Å². The molecule has 3 heterocycles. The SMILES string of the molecule is CS(=O)c1ccc2c(=O)c3cc(C(=O)[O-])ccc3oc2c1.CS(=O)c1ccc2c(=O)c3cc(C(=O)[O-])ccc3oc2c1.CS(=O)c1ccc2c(=O)c3cc(C(=O)[O-])ccc3oc2c1.[Al+3]. The summed E-state index contributed by atoms with van der Waals surface area (Å²) in [7, 11) is -3.55. The van der Waals surface area contributed by atoms with E-state index in [-0.39, 0.29) is 83.2 Å². The van der Waals surface area contributed by atoms with Gasteiger partial charge in [-0.3, -0.25) is 27.0 Å². The van der Waals surface area contributed by atoms with Crippen molar-refractivity contribution in [3.63, 3.8) is 0 Å². The van der Waals surface area contributed by atoms with Gasteiger partial charge in [0.1, 0.15) is 33.5 Å². The molecular formula is C45H27AlO15S3. The summed E-state index contributed by atoms with van der Waals surface area (Å²) in [5.74, 6) is -4.06. The van der Waals surface area contributed by atoms with E-state index in [0.29, 0.717) is 47.6 Å². The molecule has 0 spiro atoms. The Morgan fingerprint density at radius 1 is 0.375 bits per heavy atom. The van der Waals surface area contributed by atoms with Crippen LogP contribution in [0.1, 0.15) is 31.1 Å². The standard InChI is InChI=1S/3C15H10O5S.Al/c3*1-21(19)9-3-4-10-13(7-9)20-12-5-2-8(15(17)18)6-11(12)14(10)16;/h3*2-7H,1H3,(H,17,18);/q;;;+3/p-3. The molecule has 0 aliphatic rings. The minimum atomic E-state index is -1.35. The van der Waals surface area contributed by atoms with Crippen molar-refractivity contribution < 1.29 is 55.6 Å². The molecule has 0 bridgehead atoms. The van der Waals surface area contributed by atoms with Crippen LogP contribution in [0.4, 0.5) is 0 Å². The maximum atomic E-state index is 12.4. The zero-order valence-electron chi connectivity index (χ0n) is 33.3. The number of carbonyl (C=O) groups is 3. The van der Waals surface area contributed by atoms with Crippen LogP contribution in [0.25, 0.3) is 65.8 Å². The van der Waals surface area contributed by atoms with Crippen LogP contribution in [0.2, 0.25) is 0 Å². The maximum Gasteiger partial charge on any atom is 3.00 e. The fourth-order valence-corrected chi connectivity index (χ4v) is 8.02. The van der Waals surface area contributed by atoms with Gasteiger partial charge in [-0.2, -0.15) is 0 Å². The first-order chi connectivity index (χ1) is 29.9. The second kappa shape index (κ2) is 18.8. The number of benzene rings is 6. The van der Waals surface area contributed by atoms with Gasteiger partial charge >= 0.3 is 17.4 Å². The minimum Gasteiger partial charge on any atom is -0.545 e. The van der Waals surface area contributed by atoms with Crippen LogP contribution < -0.4 is 31.6 Å². The largest absolute Gasteiger partial charge is 3.00 e. The molecule has 0 N–H and O–H groups in total. The number of carboxylic acid groups (broad SMARTS) is 3. The number of carboxylic acids is 3. The van der Waals surface area contributed by atoms with Crippen molar-refractivity contribution in [3.05, 3.63) is 157 Å². The number of aromatic carboxylic acids is 3. The molecule has 0 saturated heterocycles. The number of hydrogen-bond acceptors (Lipinski definition) is 15. The summed E-state index contributed by atoms with van der Waals surface area (Å²) in [6.45, 7) is 0. The third-order valence-corrected chi connectivity index (χ3v) is 12.4. The van der Waals surface area contributed by atoms with Crippen molar-refractivity contribution in [1.29, 1.82) is 0 Å². The van der Waals surface area contributed by atoms with Crippen LogP contribution in [0, 0.1) is 0 Å². The van der Waals surface area contributed by atoms with Crippen LogP contribution in [0.5, 0.6) is 0 Å². The smallest absolute Gasteiger partial charge is 0.545 e. The molecule has 15 nitrogen and oxygen atoms in total. The number of carbonyl (C=O) groups excluding carboxylic acids is 3. The predicted octanol–water partition coefficient (Wildman–Crippen LogP) is 2.76. The summed E-state index contributed by atoms with van der Waals surface area (Å²) >= 11 is 0. The van der Waals surface area contributed by atoms with Gasteiger partial charge in [0.05, 0.1) is 50.2 Å². The van der Waals surface area contributed by atoms with Gasteiger partial charge in [-0.15, -0.1) is 0 Å². The van der Waals surface area contributed by atoms with Gasteiger partial charge < -0.3 is 43.0 Å². The van der Waals surface area contributed by atoms with E-state index in [1.54, 1.807) is 36.4 Å². The number of rotatable bonds is 6. The third-order valence-electron chi connectivity index (χ3n) is 9.63. The van der Waals surface area contributed by atoms with Crippen molar-refractivity contribution in [1.82, 2.24) is 0 Å². The summed E-state index contributed by atoms with van der Waals surface area (Å²) in [5.41, 5.74) is 0.545. The summed E-state index contributed by atoms with van der Waals surface area (Å²) in [6, 6.07) is 25.9. The van der Waals surface area contributed by atoms with Gasteiger partial charge in [-0.25, -0.2) is 0 Å². The van der Waals surface area contributed by atoms with Crippen LogP contribution in [-0.2, 0) is 32.4 Å². The van der Waals surface area contributed by atoms with Crippen molar-refractivity contribution in [2.75, 3.05) is 18.8 Å². The summed E-state index contributed by atoms with van der Waals surface area (Å²) < 4.78 is 51.2. The topological polar surface area (TPSA) is 262 Å². The van der Waals surface area contributed by atoms with Crippen molar-refractivity contribution >= 4 is 133 Å². The Labute approximate surface area is 377 Å². The maximum absolute atomic E-state index is 12.4. The fourth-order valence-electron chi connectivity index (χ4n) is 6.42.